The van der Waals surface area contributed by atoms with Crippen LogP contribution in [0.1, 0.15) is 32.9 Å². The number of rotatable bonds is 2. The van der Waals surface area contributed by atoms with Crippen LogP contribution in [0.5, 0.6) is 0 Å². The SMILES string of the molecule is Cc1ccc(C#CCN)c(C(=O)Nc2c(C)n[nH]c2C)c1. The number of nitrogens with one attached hydrogen (secondary N) is 2. The van der Waals surface area contributed by atoms with Crippen molar-refractivity contribution in [2.45, 2.75) is 20.8 Å². The number of nitrogens with two attached hydrogens (primary N) is 1. The Morgan fingerprint density at radius 2 is 2.14 bits per heavy atom. The van der Waals surface area contributed by atoms with Gasteiger partial charge in [-0.3, -0.25) is 9.89 Å². The van der Waals surface area contributed by atoms with Crippen LogP contribution in [-0.4, -0.2) is 22.6 Å². The Labute approximate surface area is 123 Å². The summed E-state index contributed by atoms with van der Waals surface area (Å²) in [7, 11) is 0. The van der Waals surface area contributed by atoms with Crippen LogP contribution in [0.2, 0.25) is 0 Å². The Hall–Kier alpha value is -2.58. The summed E-state index contributed by atoms with van der Waals surface area (Å²) in [6.07, 6.45) is 0. The molecule has 0 aliphatic rings. The number of H-pyrrole nitrogens is 1. The fraction of sp³-hybridized carbons (Fsp3) is 0.250. The molecule has 1 aromatic heterocycles. The van der Waals surface area contributed by atoms with Crippen LogP contribution in [0, 0.1) is 32.6 Å². The van der Waals surface area contributed by atoms with Crippen molar-refractivity contribution in [3.63, 3.8) is 0 Å². The minimum Gasteiger partial charge on any atom is -0.320 e. The van der Waals surface area contributed by atoms with Gasteiger partial charge in [-0.25, -0.2) is 0 Å². The lowest BCUT2D eigenvalue weighted by atomic mass is 10.0. The number of aromatic nitrogens is 2. The van der Waals surface area contributed by atoms with Crippen LogP contribution < -0.4 is 11.1 Å². The monoisotopic (exact) mass is 282 g/mol. The normalized spacial score (nSPS) is 9.90. The number of benzene rings is 1. The number of aromatic amines is 1. The molecule has 0 fully saturated rings. The van der Waals surface area contributed by atoms with Gasteiger partial charge in [-0.1, -0.05) is 23.5 Å². The number of aryl methyl sites for hydroxylation is 3. The number of hydrogen-bond donors (Lipinski definition) is 3. The molecule has 1 heterocycles. The molecule has 2 aromatic rings. The first-order valence-electron chi connectivity index (χ1n) is 6.65. The van der Waals surface area contributed by atoms with E-state index in [1.54, 1.807) is 0 Å². The molecular weight excluding hydrogens is 264 g/mol. The van der Waals surface area contributed by atoms with Gasteiger partial charge in [-0.15, -0.1) is 0 Å². The van der Waals surface area contributed by atoms with E-state index in [2.05, 4.69) is 27.4 Å². The lowest BCUT2D eigenvalue weighted by Crippen LogP contribution is -2.15. The van der Waals surface area contributed by atoms with Gasteiger partial charge < -0.3 is 11.1 Å². The molecule has 0 spiro atoms. The highest BCUT2D eigenvalue weighted by Gasteiger charge is 2.14. The standard InChI is InChI=1S/C16H18N4O/c1-10-6-7-13(5-4-8-17)14(9-10)16(21)18-15-11(2)19-20-12(15)3/h6-7,9H,8,17H2,1-3H3,(H,18,21)(H,19,20). The Balaban J connectivity index is 2.36. The third kappa shape index (κ3) is 3.30. The lowest BCUT2D eigenvalue weighted by molar-refractivity contribution is 0.102. The largest absolute Gasteiger partial charge is 0.320 e. The second kappa shape index (κ2) is 6.25. The maximum Gasteiger partial charge on any atom is 0.257 e. The van der Waals surface area contributed by atoms with Crippen molar-refractivity contribution in [2.75, 3.05) is 11.9 Å². The van der Waals surface area contributed by atoms with Gasteiger partial charge in [0.2, 0.25) is 0 Å². The minimum atomic E-state index is -0.201. The summed E-state index contributed by atoms with van der Waals surface area (Å²) >= 11 is 0. The second-order valence-electron chi connectivity index (χ2n) is 4.82. The number of carbonyl (C=O) groups is 1. The van der Waals surface area contributed by atoms with Crippen molar-refractivity contribution in [3.8, 4) is 11.8 Å². The van der Waals surface area contributed by atoms with E-state index in [9.17, 15) is 4.79 Å². The number of carbonyl (C=O) groups excluding carboxylic acids is 1. The lowest BCUT2D eigenvalue weighted by Gasteiger charge is -2.08. The number of hydrogen-bond acceptors (Lipinski definition) is 3. The maximum atomic E-state index is 12.5. The Kier molecular flexibility index (Phi) is 4.41. The van der Waals surface area contributed by atoms with E-state index in [-0.39, 0.29) is 12.5 Å². The highest BCUT2D eigenvalue weighted by atomic mass is 16.1. The molecule has 4 N–H and O–H groups in total. The molecule has 0 saturated carbocycles. The maximum absolute atomic E-state index is 12.5. The van der Waals surface area contributed by atoms with Crippen molar-refractivity contribution < 1.29 is 4.79 Å². The van der Waals surface area contributed by atoms with E-state index >= 15 is 0 Å². The van der Waals surface area contributed by atoms with E-state index in [1.165, 1.54) is 0 Å². The Morgan fingerprint density at radius 1 is 1.38 bits per heavy atom. The first-order valence-corrected chi connectivity index (χ1v) is 6.65. The van der Waals surface area contributed by atoms with Crippen LogP contribution in [0.3, 0.4) is 0 Å². The fourth-order valence-electron chi connectivity index (χ4n) is 2.02. The molecule has 108 valence electrons. The molecule has 21 heavy (non-hydrogen) atoms. The van der Waals surface area contributed by atoms with E-state index < -0.39 is 0 Å². The number of amides is 1. The highest BCUT2D eigenvalue weighted by Crippen LogP contribution is 2.19. The molecule has 0 unspecified atom stereocenters. The quantitative estimate of drug-likeness (QED) is 0.736. The third-order valence-electron chi connectivity index (χ3n) is 3.11. The first kappa shape index (κ1) is 14.8. The third-order valence-corrected chi connectivity index (χ3v) is 3.11. The Morgan fingerprint density at radius 3 is 2.76 bits per heavy atom. The predicted octanol–water partition coefficient (Wildman–Crippen LogP) is 1.90. The zero-order chi connectivity index (χ0) is 15.4. The molecule has 1 amide bonds. The molecule has 0 radical (unpaired) electrons. The van der Waals surface area contributed by atoms with Crippen LogP contribution in [0.25, 0.3) is 0 Å². The fourth-order valence-corrected chi connectivity index (χ4v) is 2.02. The van der Waals surface area contributed by atoms with E-state index in [4.69, 9.17) is 5.73 Å². The summed E-state index contributed by atoms with van der Waals surface area (Å²) in [6, 6.07) is 5.58. The van der Waals surface area contributed by atoms with E-state index in [0.29, 0.717) is 16.8 Å². The molecule has 0 bridgehead atoms. The van der Waals surface area contributed by atoms with Gasteiger partial charge in [0.1, 0.15) is 0 Å². The zero-order valence-electron chi connectivity index (χ0n) is 12.4. The molecular formula is C16H18N4O. The molecule has 1 aromatic carbocycles. The number of nitrogens with zero attached hydrogens (tertiary/aromatic N) is 1. The molecule has 0 saturated heterocycles. The predicted molar refractivity (Wildman–Crippen MR) is 83.1 cm³/mol. The van der Waals surface area contributed by atoms with E-state index in [0.717, 1.165) is 17.0 Å². The molecule has 5 nitrogen and oxygen atoms in total. The van der Waals surface area contributed by atoms with Crippen molar-refractivity contribution in [3.05, 3.63) is 46.3 Å². The van der Waals surface area contributed by atoms with Crippen LogP contribution in [-0.2, 0) is 0 Å². The summed E-state index contributed by atoms with van der Waals surface area (Å²) in [5.41, 5.74) is 9.88. The van der Waals surface area contributed by atoms with Gasteiger partial charge in [-0.05, 0) is 32.9 Å². The van der Waals surface area contributed by atoms with Crippen molar-refractivity contribution in [1.82, 2.24) is 10.2 Å². The van der Waals surface area contributed by atoms with Gasteiger partial charge in [0, 0.05) is 5.56 Å². The van der Waals surface area contributed by atoms with Gasteiger partial charge >= 0.3 is 0 Å². The van der Waals surface area contributed by atoms with Crippen LogP contribution in [0.15, 0.2) is 18.2 Å². The molecule has 2 rings (SSSR count). The smallest absolute Gasteiger partial charge is 0.257 e. The average Bonchev–Trinajstić information content (AvgIpc) is 2.77. The molecule has 0 aliphatic heterocycles. The summed E-state index contributed by atoms with van der Waals surface area (Å²) in [6.45, 7) is 5.89. The summed E-state index contributed by atoms with van der Waals surface area (Å²) in [4.78, 5) is 12.5. The highest BCUT2D eigenvalue weighted by molar-refractivity contribution is 6.06. The van der Waals surface area contributed by atoms with Gasteiger partial charge in [0.05, 0.1) is 29.2 Å². The second-order valence-corrected chi connectivity index (χ2v) is 4.82. The first-order chi connectivity index (χ1) is 10.0. The Bertz CT molecular complexity index is 715. The van der Waals surface area contributed by atoms with Gasteiger partial charge in [0.15, 0.2) is 0 Å². The van der Waals surface area contributed by atoms with Gasteiger partial charge in [0.25, 0.3) is 5.91 Å². The topological polar surface area (TPSA) is 83.8 Å². The minimum absolute atomic E-state index is 0.201. The van der Waals surface area contributed by atoms with Crippen LogP contribution in [0.4, 0.5) is 5.69 Å². The molecule has 0 atom stereocenters. The van der Waals surface area contributed by atoms with Crippen LogP contribution >= 0.6 is 0 Å². The average molecular weight is 282 g/mol. The molecule has 5 heteroatoms. The summed E-state index contributed by atoms with van der Waals surface area (Å²) in [5, 5.41) is 9.80. The zero-order valence-corrected chi connectivity index (χ0v) is 12.4. The van der Waals surface area contributed by atoms with Gasteiger partial charge in [-0.2, -0.15) is 5.10 Å². The van der Waals surface area contributed by atoms with Crippen molar-refractivity contribution in [1.29, 1.82) is 0 Å². The van der Waals surface area contributed by atoms with E-state index in [1.807, 2.05) is 39.0 Å². The van der Waals surface area contributed by atoms with Crippen molar-refractivity contribution >= 4 is 11.6 Å². The van der Waals surface area contributed by atoms with Crippen molar-refractivity contribution in [2.24, 2.45) is 5.73 Å². The summed E-state index contributed by atoms with van der Waals surface area (Å²) < 4.78 is 0. The molecule has 0 aliphatic carbocycles. The summed E-state index contributed by atoms with van der Waals surface area (Å²) in [5.74, 6) is 5.51. The number of anilines is 1.